The fourth-order valence-corrected chi connectivity index (χ4v) is 2.89. The van der Waals surface area contributed by atoms with Crippen LogP contribution >= 0.6 is 11.3 Å². The van der Waals surface area contributed by atoms with Gasteiger partial charge in [-0.15, -0.1) is 11.3 Å². The zero-order valence-electron chi connectivity index (χ0n) is 9.21. The summed E-state index contributed by atoms with van der Waals surface area (Å²) >= 11 is 1.55. The number of benzene rings is 1. The van der Waals surface area contributed by atoms with E-state index in [2.05, 4.69) is 4.98 Å². The number of hydrogen-bond acceptors (Lipinski definition) is 4. The number of carbonyl (C=O) groups is 1. The van der Waals surface area contributed by atoms with Gasteiger partial charge in [-0.3, -0.25) is 4.40 Å². The molecule has 2 aromatic heterocycles. The monoisotopic (exact) mass is 246 g/mol. The lowest BCUT2D eigenvalue weighted by atomic mass is 10.3. The first-order valence-corrected chi connectivity index (χ1v) is 6.14. The van der Waals surface area contributed by atoms with Crippen molar-refractivity contribution in [2.45, 2.75) is 6.92 Å². The summed E-state index contributed by atoms with van der Waals surface area (Å²) in [5.41, 5.74) is 1.46. The number of hydrogen-bond donors (Lipinski definition) is 0. The standard InChI is InChI=1S/C12H10N2O2S/c1-2-16-12(15)10-11-14(7-13-10)8-5-3-4-6-9(8)17-11/h3-7H,2H2,1H3. The van der Waals surface area contributed by atoms with Gasteiger partial charge in [-0.1, -0.05) is 12.1 Å². The molecule has 0 saturated heterocycles. The molecule has 0 bridgehead atoms. The summed E-state index contributed by atoms with van der Waals surface area (Å²) in [6.07, 6.45) is 1.67. The van der Waals surface area contributed by atoms with Gasteiger partial charge in [-0.05, 0) is 19.1 Å². The van der Waals surface area contributed by atoms with Crippen LogP contribution in [-0.4, -0.2) is 22.0 Å². The molecule has 1 aromatic carbocycles. The fraction of sp³-hybridized carbons (Fsp3) is 0.167. The summed E-state index contributed by atoms with van der Waals surface area (Å²) in [7, 11) is 0. The number of imidazole rings is 1. The normalized spacial score (nSPS) is 11.1. The molecule has 0 amide bonds. The average Bonchev–Trinajstić information content (AvgIpc) is 2.87. The van der Waals surface area contributed by atoms with E-state index in [0.717, 1.165) is 15.0 Å². The van der Waals surface area contributed by atoms with Crippen molar-refractivity contribution in [3.8, 4) is 0 Å². The molecule has 0 aliphatic heterocycles. The highest BCUT2D eigenvalue weighted by molar-refractivity contribution is 7.24. The third-order valence-corrected chi connectivity index (χ3v) is 3.67. The molecule has 4 nitrogen and oxygen atoms in total. The van der Waals surface area contributed by atoms with E-state index < -0.39 is 0 Å². The summed E-state index contributed by atoms with van der Waals surface area (Å²) in [6.45, 7) is 2.15. The van der Waals surface area contributed by atoms with E-state index in [-0.39, 0.29) is 5.97 Å². The molecule has 0 aliphatic carbocycles. The van der Waals surface area contributed by atoms with Crippen LogP contribution in [0.15, 0.2) is 30.6 Å². The highest BCUT2D eigenvalue weighted by Crippen LogP contribution is 2.28. The Hall–Kier alpha value is -1.88. The van der Waals surface area contributed by atoms with Crippen molar-refractivity contribution in [1.29, 1.82) is 0 Å². The second-order valence-corrected chi connectivity index (χ2v) is 4.59. The van der Waals surface area contributed by atoms with Crippen LogP contribution in [0.25, 0.3) is 15.0 Å². The summed E-state index contributed by atoms with van der Waals surface area (Å²) in [5, 5.41) is 0. The van der Waals surface area contributed by atoms with Crippen LogP contribution < -0.4 is 0 Å². The van der Waals surface area contributed by atoms with Crippen molar-refractivity contribution in [3.05, 3.63) is 36.3 Å². The molecule has 17 heavy (non-hydrogen) atoms. The molecule has 0 unspecified atom stereocenters. The first-order valence-electron chi connectivity index (χ1n) is 5.33. The van der Waals surface area contributed by atoms with Crippen molar-refractivity contribution in [2.24, 2.45) is 0 Å². The second-order valence-electron chi connectivity index (χ2n) is 3.56. The number of para-hydroxylation sites is 1. The van der Waals surface area contributed by atoms with Gasteiger partial charge >= 0.3 is 5.97 Å². The molecule has 0 fully saturated rings. The van der Waals surface area contributed by atoms with Gasteiger partial charge in [0.25, 0.3) is 0 Å². The van der Waals surface area contributed by atoms with E-state index in [4.69, 9.17) is 4.74 Å². The van der Waals surface area contributed by atoms with E-state index in [0.29, 0.717) is 12.3 Å². The van der Waals surface area contributed by atoms with Gasteiger partial charge in [-0.25, -0.2) is 9.78 Å². The highest BCUT2D eigenvalue weighted by atomic mass is 32.1. The molecular formula is C12H10N2O2S. The molecule has 0 radical (unpaired) electrons. The Labute approximate surface area is 101 Å². The third kappa shape index (κ3) is 1.51. The first kappa shape index (κ1) is 10.3. The van der Waals surface area contributed by atoms with Gasteiger partial charge < -0.3 is 4.74 Å². The molecule has 0 atom stereocenters. The van der Waals surface area contributed by atoms with Gasteiger partial charge in [0.2, 0.25) is 0 Å². The predicted molar refractivity (Wildman–Crippen MR) is 66.5 cm³/mol. The zero-order chi connectivity index (χ0) is 11.8. The number of esters is 1. The Morgan fingerprint density at radius 1 is 1.47 bits per heavy atom. The lowest BCUT2D eigenvalue weighted by Gasteiger charge is -1.96. The van der Waals surface area contributed by atoms with E-state index >= 15 is 0 Å². The Bertz CT molecular complexity index is 699. The van der Waals surface area contributed by atoms with Gasteiger partial charge in [0.05, 0.1) is 16.8 Å². The van der Waals surface area contributed by atoms with Crippen LogP contribution in [-0.2, 0) is 4.74 Å². The lowest BCUT2D eigenvalue weighted by Crippen LogP contribution is -2.04. The Kier molecular flexibility index (Phi) is 2.33. The summed E-state index contributed by atoms with van der Waals surface area (Å²) < 4.78 is 8.04. The van der Waals surface area contributed by atoms with Crippen LogP contribution in [0.1, 0.15) is 17.4 Å². The molecule has 3 aromatic rings. The van der Waals surface area contributed by atoms with E-state index in [1.165, 1.54) is 0 Å². The Morgan fingerprint density at radius 2 is 2.29 bits per heavy atom. The molecule has 86 valence electrons. The largest absolute Gasteiger partial charge is 0.461 e. The van der Waals surface area contributed by atoms with Crippen molar-refractivity contribution in [2.75, 3.05) is 6.61 Å². The predicted octanol–water partition coefficient (Wildman–Crippen LogP) is 2.73. The maximum Gasteiger partial charge on any atom is 0.360 e. The maximum absolute atomic E-state index is 11.7. The maximum atomic E-state index is 11.7. The number of carbonyl (C=O) groups excluding carboxylic acids is 1. The number of fused-ring (bicyclic) bond motifs is 3. The minimum atomic E-state index is -0.360. The minimum absolute atomic E-state index is 0.360. The van der Waals surface area contributed by atoms with Crippen molar-refractivity contribution >= 4 is 32.4 Å². The van der Waals surface area contributed by atoms with Crippen LogP contribution in [0, 0.1) is 0 Å². The third-order valence-electron chi connectivity index (χ3n) is 2.52. The van der Waals surface area contributed by atoms with Crippen molar-refractivity contribution in [1.82, 2.24) is 9.38 Å². The quantitative estimate of drug-likeness (QED) is 0.653. The van der Waals surface area contributed by atoms with Gasteiger partial charge in [0.1, 0.15) is 11.2 Å². The summed E-state index contributed by atoms with van der Waals surface area (Å²) in [5.74, 6) is -0.360. The first-order chi connectivity index (χ1) is 8.31. The van der Waals surface area contributed by atoms with Crippen LogP contribution in [0.4, 0.5) is 0 Å². The van der Waals surface area contributed by atoms with E-state index in [1.54, 1.807) is 24.6 Å². The Morgan fingerprint density at radius 3 is 3.12 bits per heavy atom. The summed E-state index contributed by atoms with van der Waals surface area (Å²) in [6, 6.07) is 7.99. The SMILES string of the molecule is CCOC(=O)c1ncn2c1sc1ccccc12. The van der Waals surface area contributed by atoms with Gasteiger partial charge in [0, 0.05) is 0 Å². The van der Waals surface area contributed by atoms with Crippen LogP contribution in [0.5, 0.6) is 0 Å². The smallest absolute Gasteiger partial charge is 0.360 e. The van der Waals surface area contributed by atoms with Crippen molar-refractivity contribution < 1.29 is 9.53 Å². The van der Waals surface area contributed by atoms with E-state index in [1.807, 2.05) is 28.7 Å². The number of nitrogens with zero attached hydrogens (tertiary/aromatic N) is 2. The molecule has 2 heterocycles. The summed E-state index contributed by atoms with van der Waals surface area (Å²) in [4.78, 5) is 16.7. The topological polar surface area (TPSA) is 43.6 Å². The molecule has 0 N–H and O–H groups in total. The van der Waals surface area contributed by atoms with Crippen LogP contribution in [0.2, 0.25) is 0 Å². The number of aromatic nitrogens is 2. The highest BCUT2D eigenvalue weighted by Gasteiger charge is 2.17. The second kappa shape index (κ2) is 3.85. The molecular weight excluding hydrogens is 236 g/mol. The van der Waals surface area contributed by atoms with Gasteiger partial charge in [0.15, 0.2) is 5.69 Å². The molecule has 0 saturated carbocycles. The van der Waals surface area contributed by atoms with Gasteiger partial charge in [-0.2, -0.15) is 0 Å². The molecule has 0 spiro atoms. The van der Waals surface area contributed by atoms with Crippen molar-refractivity contribution in [3.63, 3.8) is 0 Å². The molecule has 0 aliphatic rings. The van der Waals surface area contributed by atoms with Crippen LogP contribution in [0.3, 0.4) is 0 Å². The minimum Gasteiger partial charge on any atom is -0.461 e. The fourth-order valence-electron chi connectivity index (χ4n) is 1.79. The zero-order valence-corrected chi connectivity index (χ0v) is 10.0. The lowest BCUT2D eigenvalue weighted by molar-refractivity contribution is 0.0523. The Balaban J connectivity index is 2.24. The van der Waals surface area contributed by atoms with E-state index in [9.17, 15) is 4.79 Å². The number of rotatable bonds is 2. The number of thiazole rings is 1. The number of ether oxygens (including phenoxy) is 1. The average molecular weight is 246 g/mol. The molecule has 5 heteroatoms. The molecule has 3 rings (SSSR count).